The van der Waals surface area contributed by atoms with Crippen LogP contribution in [0.1, 0.15) is 15.2 Å². The zero-order valence-corrected chi connectivity index (χ0v) is 18.6. The van der Waals surface area contributed by atoms with Gasteiger partial charge in [-0.1, -0.05) is 17.4 Å². The highest BCUT2D eigenvalue weighted by Crippen LogP contribution is 2.28. The maximum absolute atomic E-state index is 12.8. The van der Waals surface area contributed by atoms with Gasteiger partial charge in [-0.2, -0.15) is 5.10 Å². The van der Waals surface area contributed by atoms with E-state index in [4.69, 9.17) is 0 Å². The molecule has 32 heavy (non-hydrogen) atoms. The van der Waals surface area contributed by atoms with E-state index in [0.29, 0.717) is 15.8 Å². The number of nitrogens with zero attached hydrogens (tertiary/aromatic N) is 6. The lowest BCUT2D eigenvalue weighted by Gasteiger charge is -2.33. The van der Waals surface area contributed by atoms with Crippen LogP contribution in [0.25, 0.3) is 10.9 Å². The first-order valence-corrected chi connectivity index (χ1v) is 11.1. The van der Waals surface area contributed by atoms with Crippen LogP contribution in [-0.4, -0.2) is 69.2 Å². The first-order valence-electron chi connectivity index (χ1n) is 10.3. The van der Waals surface area contributed by atoms with Gasteiger partial charge in [0.05, 0.1) is 23.6 Å². The van der Waals surface area contributed by atoms with Crippen LogP contribution in [0.3, 0.4) is 0 Å². The van der Waals surface area contributed by atoms with Gasteiger partial charge in [0.25, 0.3) is 5.91 Å². The minimum absolute atomic E-state index is 0.215. The molecule has 1 fully saturated rings. The molecular weight excluding hydrogens is 426 g/mol. The molecule has 0 atom stereocenters. The molecule has 11 heteroatoms. The summed E-state index contributed by atoms with van der Waals surface area (Å²) >= 11 is 1.27. The maximum Gasteiger partial charge on any atom is 0.267 e. The summed E-state index contributed by atoms with van der Waals surface area (Å²) in [6.45, 7) is 5.82. The number of aromatic amines is 1. The normalized spacial score (nSPS) is 14.6. The van der Waals surface area contributed by atoms with Gasteiger partial charge in [0.2, 0.25) is 0 Å². The van der Waals surface area contributed by atoms with E-state index in [0.717, 1.165) is 54.2 Å². The number of H-pyrrole nitrogens is 1. The van der Waals surface area contributed by atoms with Crippen LogP contribution in [0.5, 0.6) is 0 Å². The minimum Gasteiger partial charge on any atom is -0.354 e. The lowest BCUT2D eigenvalue weighted by Crippen LogP contribution is -2.44. The van der Waals surface area contributed by atoms with E-state index >= 15 is 0 Å². The third kappa shape index (κ3) is 4.12. The van der Waals surface area contributed by atoms with Gasteiger partial charge in [-0.05, 0) is 25.6 Å². The Labute approximate surface area is 188 Å². The van der Waals surface area contributed by atoms with E-state index in [-0.39, 0.29) is 5.91 Å². The van der Waals surface area contributed by atoms with Gasteiger partial charge in [0.1, 0.15) is 22.8 Å². The number of amides is 1. The number of carbonyl (C=O) groups is 1. The van der Waals surface area contributed by atoms with E-state index in [1.165, 1.54) is 11.3 Å². The maximum atomic E-state index is 12.8. The molecule has 0 bridgehead atoms. The van der Waals surface area contributed by atoms with Gasteiger partial charge in [-0.25, -0.2) is 15.0 Å². The Balaban J connectivity index is 1.29. The van der Waals surface area contributed by atoms with Crippen molar-refractivity contribution in [1.82, 2.24) is 30.0 Å². The summed E-state index contributed by atoms with van der Waals surface area (Å²) in [6, 6.07) is 5.80. The zero-order valence-electron chi connectivity index (χ0n) is 17.8. The molecule has 0 unspecified atom stereocenters. The molecule has 3 aromatic heterocycles. The number of hydrogen-bond acceptors (Lipinski definition) is 9. The number of benzene rings is 1. The highest BCUT2D eigenvalue weighted by atomic mass is 32.1. The molecule has 164 valence electrons. The zero-order chi connectivity index (χ0) is 22.1. The number of aromatic nitrogens is 5. The average molecular weight is 450 g/mol. The number of rotatable bonds is 5. The lowest BCUT2D eigenvalue weighted by molar-refractivity contribution is 0.103. The number of piperazine rings is 1. The second-order valence-electron chi connectivity index (χ2n) is 7.75. The van der Waals surface area contributed by atoms with Crippen molar-refractivity contribution in [1.29, 1.82) is 0 Å². The van der Waals surface area contributed by atoms with E-state index in [1.54, 1.807) is 18.7 Å². The van der Waals surface area contributed by atoms with Crippen LogP contribution >= 0.6 is 11.3 Å². The number of hydrogen-bond donors (Lipinski definition) is 3. The Morgan fingerprint density at radius 2 is 1.97 bits per heavy atom. The highest BCUT2D eigenvalue weighted by molar-refractivity contribution is 7.17. The van der Waals surface area contributed by atoms with Crippen molar-refractivity contribution in [2.24, 2.45) is 0 Å². The molecule has 3 N–H and O–H groups in total. The van der Waals surface area contributed by atoms with Gasteiger partial charge in [0, 0.05) is 37.6 Å². The quantitative estimate of drug-likeness (QED) is 0.426. The first-order chi connectivity index (χ1) is 15.6. The van der Waals surface area contributed by atoms with Crippen molar-refractivity contribution < 1.29 is 4.79 Å². The average Bonchev–Trinajstić information content (AvgIpc) is 3.46. The molecule has 1 saturated heterocycles. The summed E-state index contributed by atoms with van der Waals surface area (Å²) < 4.78 is 0. The fraction of sp³-hybridized carbons (Fsp3) is 0.286. The number of anilines is 4. The Kier molecular flexibility index (Phi) is 5.41. The molecule has 4 aromatic rings. The largest absolute Gasteiger partial charge is 0.354 e. The van der Waals surface area contributed by atoms with Gasteiger partial charge in [0.15, 0.2) is 5.13 Å². The van der Waals surface area contributed by atoms with Crippen LogP contribution in [0.2, 0.25) is 0 Å². The predicted molar refractivity (Wildman–Crippen MR) is 126 cm³/mol. The van der Waals surface area contributed by atoms with Crippen molar-refractivity contribution in [3.8, 4) is 0 Å². The van der Waals surface area contributed by atoms with E-state index < -0.39 is 0 Å². The van der Waals surface area contributed by atoms with Gasteiger partial charge < -0.3 is 20.4 Å². The molecule has 0 saturated carbocycles. The molecule has 1 amide bonds. The monoisotopic (exact) mass is 449 g/mol. The summed E-state index contributed by atoms with van der Waals surface area (Å²) in [6.07, 6.45) is 4.83. The van der Waals surface area contributed by atoms with Gasteiger partial charge >= 0.3 is 0 Å². The number of carbonyl (C=O) groups excluding carboxylic acids is 1. The van der Waals surface area contributed by atoms with Crippen molar-refractivity contribution in [3.63, 3.8) is 0 Å². The Morgan fingerprint density at radius 3 is 2.81 bits per heavy atom. The van der Waals surface area contributed by atoms with Crippen LogP contribution in [-0.2, 0) is 0 Å². The van der Waals surface area contributed by atoms with Crippen LogP contribution in [0.4, 0.5) is 22.5 Å². The topological polar surface area (TPSA) is 115 Å². The molecule has 0 spiro atoms. The molecule has 5 rings (SSSR count). The molecule has 1 aliphatic rings. The number of aryl methyl sites for hydroxylation is 1. The third-order valence-electron chi connectivity index (χ3n) is 5.52. The molecular formula is C21H23N9OS. The fourth-order valence-corrected chi connectivity index (χ4v) is 4.36. The smallest absolute Gasteiger partial charge is 0.267 e. The summed E-state index contributed by atoms with van der Waals surface area (Å²) in [7, 11) is 2.12. The number of likely N-dealkylation sites (N-methyl/N-ethyl adjacent to an activating group) is 1. The predicted octanol–water partition coefficient (Wildman–Crippen LogP) is 2.87. The number of nitrogens with one attached hydrogen (secondary N) is 3. The number of fused-ring (bicyclic) bond motifs is 1. The molecule has 1 aliphatic heterocycles. The van der Waals surface area contributed by atoms with Crippen LogP contribution < -0.4 is 15.5 Å². The molecule has 10 nitrogen and oxygen atoms in total. The van der Waals surface area contributed by atoms with Crippen LogP contribution in [0, 0.1) is 6.92 Å². The molecule has 4 heterocycles. The second-order valence-corrected chi connectivity index (χ2v) is 8.78. The molecule has 0 aliphatic carbocycles. The van der Waals surface area contributed by atoms with Gasteiger partial charge in [-0.3, -0.25) is 9.89 Å². The van der Waals surface area contributed by atoms with Gasteiger partial charge in [-0.15, -0.1) is 0 Å². The third-order valence-corrected chi connectivity index (χ3v) is 6.43. The first kappa shape index (κ1) is 20.3. The molecule has 1 aromatic carbocycles. The van der Waals surface area contributed by atoms with E-state index in [2.05, 4.69) is 52.6 Å². The molecule has 0 radical (unpaired) electrons. The second kappa shape index (κ2) is 8.52. The van der Waals surface area contributed by atoms with E-state index in [1.807, 2.05) is 25.1 Å². The van der Waals surface area contributed by atoms with Crippen molar-refractivity contribution >= 4 is 50.6 Å². The lowest BCUT2D eigenvalue weighted by atomic mass is 10.1. The summed E-state index contributed by atoms with van der Waals surface area (Å²) in [5, 5.41) is 14.6. The highest BCUT2D eigenvalue weighted by Gasteiger charge is 2.17. The fourth-order valence-electron chi connectivity index (χ4n) is 3.64. The summed E-state index contributed by atoms with van der Waals surface area (Å²) in [5.74, 6) is 1.32. The van der Waals surface area contributed by atoms with Crippen molar-refractivity contribution in [2.45, 2.75) is 6.92 Å². The van der Waals surface area contributed by atoms with Crippen molar-refractivity contribution in [2.75, 3.05) is 48.8 Å². The summed E-state index contributed by atoms with van der Waals surface area (Å²) in [5.41, 5.74) is 2.58. The number of thiazole rings is 1. The van der Waals surface area contributed by atoms with E-state index in [9.17, 15) is 4.79 Å². The minimum atomic E-state index is -0.215. The Hall–Kier alpha value is -3.57. The Bertz CT molecular complexity index is 1260. The Morgan fingerprint density at radius 1 is 1.12 bits per heavy atom. The van der Waals surface area contributed by atoms with Crippen molar-refractivity contribution in [3.05, 3.63) is 47.4 Å². The SMILES string of the molecule is Cc1ccc2[nH]ncc2c1NC(=O)c1cnc(Nc2cc(N3CCN(C)CC3)ncn2)s1. The summed E-state index contributed by atoms with van der Waals surface area (Å²) in [4.78, 5) is 30.9. The standard InChI is InChI=1S/C21H23N9OS/c1-13-3-4-15-14(10-25-28-15)19(13)27-20(31)16-11-22-21(32-16)26-17-9-18(24-12-23-17)30-7-5-29(2)6-8-30/h3-4,9-12H,5-8H2,1-2H3,(H,25,28)(H,27,31)(H,22,23,24,26). The van der Waals surface area contributed by atoms with Crippen LogP contribution in [0.15, 0.2) is 36.9 Å².